The van der Waals surface area contributed by atoms with Gasteiger partial charge in [-0.1, -0.05) is 12.1 Å². The lowest BCUT2D eigenvalue weighted by atomic mass is 9.87. The Morgan fingerprint density at radius 3 is 2.87 bits per heavy atom. The van der Waals surface area contributed by atoms with Crippen molar-refractivity contribution in [3.8, 4) is 0 Å². The molecule has 4 rings (SSSR count). The molecular weight excluding hydrogens is 397 g/mol. The molecular formula is C21H27F3N4O2. The van der Waals surface area contributed by atoms with E-state index in [9.17, 15) is 13.6 Å². The molecule has 0 radical (unpaired) electrons. The number of hydrogen-bond donors (Lipinski definition) is 2. The summed E-state index contributed by atoms with van der Waals surface area (Å²) < 4.78 is 47.8. The average Bonchev–Trinajstić information content (AvgIpc) is 3.58. The van der Waals surface area contributed by atoms with Crippen LogP contribution in [0.4, 0.5) is 13.2 Å². The van der Waals surface area contributed by atoms with Crippen LogP contribution in [0.5, 0.6) is 0 Å². The van der Waals surface area contributed by atoms with E-state index in [1.54, 1.807) is 11.0 Å². The van der Waals surface area contributed by atoms with Crippen LogP contribution in [-0.4, -0.2) is 55.1 Å². The Morgan fingerprint density at radius 2 is 2.23 bits per heavy atom. The number of fused-ring (bicyclic) bond motifs is 2. The summed E-state index contributed by atoms with van der Waals surface area (Å²) in [5.74, 6) is -1.85. The van der Waals surface area contributed by atoms with Gasteiger partial charge in [-0.25, -0.2) is 13.2 Å². The van der Waals surface area contributed by atoms with Crippen molar-refractivity contribution in [3.05, 3.63) is 46.7 Å². The van der Waals surface area contributed by atoms with Crippen LogP contribution < -0.4 is 5.43 Å². The maximum Gasteiger partial charge on any atom is 0.252 e. The molecule has 2 saturated carbocycles. The lowest BCUT2D eigenvalue weighted by Crippen LogP contribution is -2.46. The fourth-order valence-corrected chi connectivity index (χ4v) is 4.29. The molecule has 0 bridgehead atoms. The number of hydrogen-bond acceptors (Lipinski definition) is 5. The highest BCUT2D eigenvalue weighted by Crippen LogP contribution is 2.54. The molecule has 1 aliphatic heterocycles. The highest BCUT2D eigenvalue weighted by molar-refractivity contribution is 5.78. The maximum absolute atomic E-state index is 15.4. The lowest BCUT2D eigenvalue weighted by Gasteiger charge is -2.32. The van der Waals surface area contributed by atoms with Gasteiger partial charge in [0.1, 0.15) is 12.0 Å². The quantitative estimate of drug-likeness (QED) is 0.544. The molecule has 0 unspecified atom stereocenters. The number of halogens is 3. The molecule has 2 N–H and O–H groups in total. The highest BCUT2D eigenvalue weighted by atomic mass is 19.1. The Bertz CT molecular complexity index is 894. The van der Waals surface area contributed by atoms with Gasteiger partial charge in [-0.05, 0) is 30.4 Å². The predicted octanol–water partition coefficient (Wildman–Crippen LogP) is 3.14. The number of hydrazine groups is 1. The zero-order chi connectivity index (χ0) is 21.5. The van der Waals surface area contributed by atoms with Gasteiger partial charge in [0.15, 0.2) is 5.83 Å². The van der Waals surface area contributed by atoms with Gasteiger partial charge >= 0.3 is 0 Å². The van der Waals surface area contributed by atoms with Crippen LogP contribution in [0.3, 0.4) is 0 Å². The maximum atomic E-state index is 15.4. The normalized spacial score (nSPS) is 25.1. The van der Waals surface area contributed by atoms with Gasteiger partial charge in [-0.3, -0.25) is 20.1 Å². The number of amides is 1. The van der Waals surface area contributed by atoms with E-state index < -0.39 is 17.4 Å². The number of benzene rings is 1. The van der Waals surface area contributed by atoms with E-state index in [0.717, 1.165) is 29.6 Å². The minimum atomic E-state index is -0.971. The number of rotatable bonds is 6. The number of carbonyl (C=O) groups excluding carboxylic acids is 1. The first-order valence-electron chi connectivity index (χ1n) is 9.99. The Balaban J connectivity index is 0.00000272. The lowest BCUT2D eigenvalue weighted by molar-refractivity contribution is -0.127. The summed E-state index contributed by atoms with van der Waals surface area (Å²) in [6.45, 7) is 0.884. The van der Waals surface area contributed by atoms with E-state index in [-0.39, 0.29) is 39.0 Å². The second kappa shape index (κ2) is 8.03. The third-order valence-corrected chi connectivity index (χ3v) is 5.93. The first-order valence-corrected chi connectivity index (χ1v) is 9.99. The number of alkyl halides is 1. The number of carbonyl (C=O) groups is 1. The molecule has 2 atom stereocenters. The van der Waals surface area contributed by atoms with Crippen LogP contribution in [0, 0.1) is 11.2 Å². The minimum absolute atomic E-state index is 0. The van der Waals surface area contributed by atoms with Gasteiger partial charge < -0.3 is 10.1 Å². The standard InChI is InChI=1S/C21H25F3N4O2.H2/c1-27(8-14(22)7-25)26-18(29)9-28-11-21(4-5-21)19-13(10-30-12-28)2-3-15(20(19)24)16-6-17(16)23;/h2-3,7-8,16-17,25H,4-6,9-12H2,1H3,(H,26,29);1H/b14-8+,25-7?;/t16-,17-;/m1./s1. The monoisotopic (exact) mass is 424 g/mol. The Labute approximate surface area is 174 Å². The van der Waals surface area contributed by atoms with E-state index >= 15 is 4.39 Å². The predicted molar refractivity (Wildman–Crippen MR) is 107 cm³/mol. The minimum Gasteiger partial charge on any atom is -0.361 e. The third-order valence-electron chi connectivity index (χ3n) is 5.93. The van der Waals surface area contributed by atoms with Crippen LogP contribution in [0.2, 0.25) is 0 Å². The van der Waals surface area contributed by atoms with Crippen LogP contribution in [0.1, 0.15) is 43.3 Å². The molecule has 1 amide bonds. The summed E-state index contributed by atoms with van der Waals surface area (Å²) in [7, 11) is 1.45. The van der Waals surface area contributed by atoms with Crippen molar-refractivity contribution in [2.24, 2.45) is 0 Å². The molecule has 3 aliphatic rings. The van der Waals surface area contributed by atoms with Crippen LogP contribution in [0.25, 0.3) is 0 Å². The van der Waals surface area contributed by atoms with Gasteiger partial charge in [0, 0.05) is 31.9 Å². The molecule has 164 valence electrons. The molecule has 0 aromatic heterocycles. The molecule has 1 aromatic rings. The van der Waals surface area contributed by atoms with E-state index in [4.69, 9.17) is 10.1 Å². The summed E-state index contributed by atoms with van der Waals surface area (Å²) in [5.41, 5.74) is 3.96. The van der Waals surface area contributed by atoms with Gasteiger partial charge in [-0.15, -0.1) is 0 Å². The summed E-state index contributed by atoms with van der Waals surface area (Å²) in [6, 6.07) is 3.53. The summed E-state index contributed by atoms with van der Waals surface area (Å²) in [4.78, 5) is 14.1. The first kappa shape index (κ1) is 20.9. The number of ether oxygens (including phenoxy) is 1. The van der Waals surface area contributed by atoms with Crippen molar-refractivity contribution in [3.63, 3.8) is 0 Å². The molecule has 1 heterocycles. The Hall–Kier alpha value is -2.39. The van der Waals surface area contributed by atoms with Crippen molar-refractivity contribution in [1.29, 1.82) is 5.41 Å². The number of nitrogens with zero attached hydrogens (tertiary/aromatic N) is 2. The van der Waals surface area contributed by atoms with Gasteiger partial charge in [-0.2, -0.15) is 0 Å². The van der Waals surface area contributed by atoms with Gasteiger partial charge in [0.2, 0.25) is 0 Å². The molecule has 30 heavy (non-hydrogen) atoms. The van der Waals surface area contributed by atoms with Crippen molar-refractivity contribution >= 4 is 12.1 Å². The first-order chi connectivity index (χ1) is 14.3. The largest absolute Gasteiger partial charge is 0.361 e. The van der Waals surface area contributed by atoms with E-state index in [1.165, 1.54) is 7.05 Å². The molecule has 1 spiro atoms. The van der Waals surface area contributed by atoms with E-state index in [2.05, 4.69) is 5.43 Å². The molecule has 2 fully saturated rings. The zero-order valence-electron chi connectivity index (χ0n) is 16.8. The molecule has 9 heteroatoms. The van der Waals surface area contributed by atoms with E-state index in [1.807, 2.05) is 6.07 Å². The fourth-order valence-electron chi connectivity index (χ4n) is 4.29. The second-order valence-electron chi connectivity index (χ2n) is 8.41. The molecule has 6 nitrogen and oxygen atoms in total. The number of allylic oxidation sites excluding steroid dienone is 1. The van der Waals surface area contributed by atoms with Crippen LogP contribution in [0.15, 0.2) is 24.2 Å². The average molecular weight is 424 g/mol. The van der Waals surface area contributed by atoms with E-state index in [0.29, 0.717) is 30.3 Å². The smallest absolute Gasteiger partial charge is 0.252 e. The molecule has 2 aliphatic carbocycles. The van der Waals surface area contributed by atoms with Crippen LogP contribution in [-0.2, 0) is 21.6 Å². The third kappa shape index (κ3) is 4.22. The summed E-state index contributed by atoms with van der Waals surface area (Å²) in [5, 5.41) is 7.98. The van der Waals surface area contributed by atoms with Crippen molar-refractivity contribution in [2.45, 2.75) is 43.4 Å². The van der Waals surface area contributed by atoms with Crippen molar-refractivity contribution < 1.29 is 24.1 Å². The molecule has 0 saturated heterocycles. The van der Waals surface area contributed by atoms with Gasteiger partial charge in [0.25, 0.3) is 5.91 Å². The summed E-state index contributed by atoms with van der Waals surface area (Å²) >= 11 is 0. The van der Waals surface area contributed by atoms with Crippen molar-refractivity contribution in [1.82, 2.24) is 15.3 Å². The van der Waals surface area contributed by atoms with Crippen LogP contribution >= 0.6 is 0 Å². The molecule has 1 aromatic carbocycles. The SMILES string of the molecule is CN(/C=C(/F)C=N)NC(=O)CN1COCc2ccc([C@H]3C[C@H]3F)c(F)c2C2(CC2)C1.[HH]. The Morgan fingerprint density at radius 1 is 1.50 bits per heavy atom. The topological polar surface area (TPSA) is 68.7 Å². The van der Waals surface area contributed by atoms with Crippen molar-refractivity contribution in [2.75, 3.05) is 26.9 Å². The highest BCUT2D eigenvalue weighted by Gasteiger charge is 2.51. The summed E-state index contributed by atoms with van der Waals surface area (Å²) in [6.07, 6.45) is 2.52. The number of nitrogens with one attached hydrogen (secondary N) is 2. The Kier molecular flexibility index (Phi) is 5.59. The van der Waals surface area contributed by atoms with Gasteiger partial charge in [0.05, 0.1) is 32.3 Å². The fraction of sp³-hybridized carbons (Fsp3) is 0.524. The second-order valence-corrected chi connectivity index (χ2v) is 8.41. The zero-order valence-corrected chi connectivity index (χ0v) is 16.8.